The molecule has 2 aromatic rings. The van der Waals surface area contributed by atoms with E-state index >= 15 is 0 Å². The number of ether oxygens (including phenoxy) is 3. The van der Waals surface area contributed by atoms with Crippen molar-refractivity contribution >= 4 is 23.6 Å². The summed E-state index contributed by atoms with van der Waals surface area (Å²) >= 11 is 6.20. The third kappa shape index (κ3) is 5.41. The lowest BCUT2D eigenvalue weighted by Gasteiger charge is -2.19. The Morgan fingerprint density at radius 2 is 2.00 bits per heavy atom. The van der Waals surface area contributed by atoms with E-state index in [1.54, 1.807) is 19.3 Å². The first-order chi connectivity index (χ1) is 13.2. The molecule has 2 aromatic carbocycles. The van der Waals surface area contributed by atoms with E-state index in [4.69, 9.17) is 25.8 Å². The minimum atomic E-state index is -0.143. The Hall–Kier alpha value is -2.66. The van der Waals surface area contributed by atoms with E-state index in [1.165, 1.54) is 11.6 Å². The molecule has 0 saturated heterocycles. The molecule has 0 spiro atoms. The number of halogens is 1. The van der Waals surface area contributed by atoms with Crippen molar-refractivity contribution in [1.29, 1.82) is 0 Å². The zero-order valence-corrected chi connectivity index (χ0v) is 15.9. The summed E-state index contributed by atoms with van der Waals surface area (Å²) in [6, 6.07) is 11.5. The summed E-state index contributed by atoms with van der Waals surface area (Å²) < 4.78 is 16.2. The fourth-order valence-electron chi connectivity index (χ4n) is 2.75. The number of carbonyl (C=O) groups is 1. The molecule has 0 saturated carbocycles. The average molecular weight is 388 g/mol. The number of amides is 1. The van der Waals surface area contributed by atoms with Gasteiger partial charge in [-0.1, -0.05) is 23.7 Å². The molecule has 3 rings (SSSR count). The first-order valence-electron chi connectivity index (χ1n) is 8.83. The van der Waals surface area contributed by atoms with Gasteiger partial charge in [-0.25, -0.2) is 0 Å². The summed E-state index contributed by atoms with van der Waals surface area (Å²) in [5, 5.41) is 3.36. The lowest BCUT2D eigenvalue weighted by atomic mass is 10.1. The second kappa shape index (κ2) is 9.33. The van der Waals surface area contributed by atoms with Crippen LogP contribution in [0.1, 0.15) is 17.5 Å². The molecule has 0 radical (unpaired) electrons. The Bertz CT molecular complexity index is 818. The van der Waals surface area contributed by atoms with Gasteiger partial charge in [0.15, 0.2) is 11.5 Å². The Morgan fingerprint density at radius 1 is 1.22 bits per heavy atom. The summed E-state index contributed by atoms with van der Waals surface area (Å²) in [4.78, 5) is 12.0. The molecule has 0 aliphatic carbocycles. The molecular formula is C21H22ClNO4. The first-order valence-corrected chi connectivity index (χ1v) is 9.21. The van der Waals surface area contributed by atoms with Gasteiger partial charge in [-0.3, -0.25) is 4.79 Å². The van der Waals surface area contributed by atoms with Gasteiger partial charge in [0.1, 0.15) is 19.0 Å². The van der Waals surface area contributed by atoms with Crippen LogP contribution in [0.5, 0.6) is 17.2 Å². The molecule has 1 aliphatic heterocycles. The minimum absolute atomic E-state index is 0.143. The molecule has 0 bridgehead atoms. The van der Waals surface area contributed by atoms with E-state index in [1.807, 2.05) is 30.3 Å². The van der Waals surface area contributed by atoms with Crippen molar-refractivity contribution in [1.82, 2.24) is 5.32 Å². The SMILES string of the molecule is COc1ccc(CCCNC(=O)/C=C/c2cc(Cl)c3c(c2)OCCO3)cc1. The van der Waals surface area contributed by atoms with E-state index < -0.39 is 0 Å². The van der Waals surface area contributed by atoms with Crippen LogP contribution in [0.25, 0.3) is 6.08 Å². The van der Waals surface area contributed by atoms with Crippen LogP contribution in [-0.4, -0.2) is 32.8 Å². The van der Waals surface area contributed by atoms with E-state index in [2.05, 4.69) is 5.32 Å². The van der Waals surface area contributed by atoms with Gasteiger partial charge in [0, 0.05) is 12.6 Å². The van der Waals surface area contributed by atoms with Gasteiger partial charge in [-0.05, 0) is 54.3 Å². The minimum Gasteiger partial charge on any atom is -0.497 e. The molecule has 0 fully saturated rings. The number of fused-ring (bicyclic) bond motifs is 1. The van der Waals surface area contributed by atoms with Gasteiger partial charge in [0.2, 0.25) is 5.91 Å². The number of methoxy groups -OCH3 is 1. The lowest BCUT2D eigenvalue weighted by molar-refractivity contribution is -0.116. The van der Waals surface area contributed by atoms with Gasteiger partial charge >= 0.3 is 0 Å². The standard InChI is InChI=1S/C21H22ClNO4/c1-25-17-7-4-15(5-8-17)3-2-10-23-20(24)9-6-16-13-18(22)21-19(14-16)26-11-12-27-21/h4-9,13-14H,2-3,10-12H2,1H3,(H,23,24)/b9-6+. The van der Waals surface area contributed by atoms with Crippen molar-refractivity contribution < 1.29 is 19.0 Å². The number of benzene rings is 2. The quantitative estimate of drug-likeness (QED) is 0.578. The van der Waals surface area contributed by atoms with Crippen molar-refractivity contribution in [2.75, 3.05) is 26.9 Å². The highest BCUT2D eigenvalue weighted by atomic mass is 35.5. The maximum absolute atomic E-state index is 12.0. The van der Waals surface area contributed by atoms with Crippen LogP contribution >= 0.6 is 11.6 Å². The molecule has 5 nitrogen and oxygen atoms in total. The fourth-order valence-corrected chi connectivity index (χ4v) is 3.03. The topological polar surface area (TPSA) is 56.8 Å². The Balaban J connectivity index is 1.45. The van der Waals surface area contributed by atoms with E-state index in [-0.39, 0.29) is 5.91 Å². The van der Waals surface area contributed by atoms with Gasteiger partial charge in [0.05, 0.1) is 12.1 Å². The van der Waals surface area contributed by atoms with Gasteiger partial charge in [-0.15, -0.1) is 0 Å². The van der Waals surface area contributed by atoms with E-state index in [9.17, 15) is 4.79 Å². The van der Waals surface area contributed by atoms with Crippen molar-refractivity contribution in [2.24, 2.45) is 0 Å². The first kappa shape index (κ1) is 19.1. The molecule has 6 heteroatoms. The monoisotopic (exact) mass is 387 g/mol. The molecule has 27 heavy (non-hydrogen) atoms. The van der Waals surface area contributed by atoms with E-state index in [0.717, 1.165) is 24.2 Å². The van der Waals surface area contributed by atoms with Crippen molar-refractivity contribution in [3.8, 4) is 17.2 Å². The molecule has 1 amide bonds. The number of aryl methyl sites for hydroxylation is 1. The van der Waals surface area contributed by atoms with Crippen LogP contribution < -0.4 is 19.5 Å². The third-order valence-corrected chi connectivity index (χ3v) is 4.43. The largest absolute Gasteiger partial charge is 0.497 e. The second-order valence-corrected chi connectivity index (χ2v) is 6.51. The Morgan fingerprint density at radius 3 is 2.78 bits per heavy atom. The third-order valence-electron chi connectivity index (χ3n) is 4.15. The number of hydrogen-bond acceptors (Lipinski definition) is 4. The van der Waals surface area contributed by atoms with Crippen LogP contribution in [0.3, 0.4) is 0 Å². The predicted octanol–water partition coefficient (Wildman–Crippen LogP) is 3.88. The predicted molar refractivity (Wildman–Crippen MR) is 106 cm³/mol. The molecule has 0 atom stereocenters. The summed E-state index contributed by atoms with van der Waals surface area (Å²) in [5.41, 5.74) is 2.00. The van der Waals surface area contributed by atoms with Gasteiger partial charge in [0.25, 0.3) is 0 Å². The van der Waals surface area contributed by atoms with Crippen molar-refractivity contribution in [3.05, 3.63) is 58.6 Å². The van der Waals surface area contributed by atoms with Crippen LogP contribution in [-0.2, 0) is 11.2 Å². The maximum atomic E-state index is 12.0. The van der Waals surface area contributed by atoms with Crippen molar-refractivity contribution in [2.45, 2.75) is 12.8 Å². The summed E-state index contributed by atoms with van der Waals surface area (Å²) in [5.74, 6) is 1.86. The molecule has 0 aromatic heterocycles. The highest BCUT2D eigenvalue weighted by Crippen LogP contribution is 2.38. The Labute approximate surface area is 163 Å². The van der Waals surface area contributed by atoms with Crippen LogP contribution in [0.4, 0.5) is 0 Å². The summed E-state index contributed by atoms with van der Waals surface area (Å²) in [6.45, 7) is 1.59. The summed E-state index contributed by atoms with van der Waals surface area (Å²) in [7, 11) is 1.65. The van der Waals surface area contributed by atoms with Gasteiger partial charge in [-0.2, -0.15) is 0 Å². The molecule has 0 unspecified atom stereocenters. The maximum Gasteiger partial charge on any atom is 0.243 e. The normalized spacial score (nSPS) is 12.8. The Kier molecular flexibility index (Phi) is 6.60. The van der Waals surface area contributed by atoms with Crippen LogP contribution in [0.15, 0.2) is 42.5 Å². The lowest BCUT2D eigenvalue weighted by Crippen LogP contribution is -2.22. The van der Waals surface area contributed by atoms with Crippen molar-refractivity contribution in [3.63, 3.8) is 0 Å². The fraction of sp³-hybridized carbons (Fsp3) is 0.286. The molecule has 142 valence electrons. The zero-order chi connectivity index (χ0) is 19.1. The van der Waals surface area contributed by atoms with Gasteiger partial charge < -0.3 is 19.5 Å². The molecule has 1 N–H and O–H groups in total. The zero-order valence-electron chi connectivity index (χ0n) is 15.2. The molecule has 1 aliphatic rings. The summed E-state index contributed by atoms with van der Waals surface area (Å²) in [6.07, 6.45) is 4.96. The molecule has 1 heterocycles. The average Bonchev–Trinajstić information content (AvgIpc) is 2.70. The van der Waals surface area contributed by atoms with E-state index in [0.29, 0.717) is 36.3 Å². The number of rotatable bonds is 7. The van der Waals surface area contributed by atoms with Crippen LogP contribution in [0, 0.1) is 0 Å². The number of nitrogens with one attached hydrogen (secondary N) is 1. The second-order valence-electron chi connectivity index (χ2n) is 6.10. The smallest absolute Gasteiger partial charge is 0.243 e. The highest BCUT2D eigenvalue weighted by Gasteiger charge is 2.15. The molecular weight excluding hydrogens is 366 g/mol. The van der Waals surface area contributed by atoms with Crippen LogP contribution in [0.2, 0.25) is 5.02 Å². The number of carbonyl (C=O) groups excluding carboxylic acids is 1. The highest BCUT2D eigenvalue weighted by molar-refractivity contribution is 6.32. The number of hydrogen-bond donors (Lipinski definition) is 1.